The Morgan fingerprint density at radius 2 is 0.932 bits per heavy atom. The molecule has 3 aromatic rings. The highest BCUT2D eigenvalue weighted by Crippen LogP contribution is 2.15. The molecule has 2 aromatic carbocycles. The summed E-state index contributed by atoms with van der Waals surface area (Å²) in [6.45, 7) is 4.69. The van der Waals surface area contributed by atoms with Crippen molar-refractivity contribution in [1.82, 2.24) is 13.7 Å². The molecule has 0 aliphatic heterocycles. The number of aliphatic hydroxyl groups excluding tert-OH is 1. The number of rotatable bonds is 16. The molecule has 0 bridgehead atoms. The number of ketones is 2. The second-order valence-corrected chi connectivity index (χ2v) is 11.3. The third-order valence-electron chi connectivity index (χ3n) is 6.71. The maximum atomic E-state index is 13.1. The van der Waals surface area contributed by atoms with E-state index in [0.717, 1.165) is 24.8 Å². The zero-order chi connectivity index (χ0) is 32.7. The van der Waals surface area contributed by atoms with Gasteiger partial charge in [0.15, 0.2) is 11.6 Å². The fourth-order valence-corrected chi connectivity index (χ4v) is 4.26. The first kappa shape index (κ1) is 34.5. The van der Waals surface area contributed by atoms with Crippen LogP contribution in [-0.2, 0) is 42.3 Å². The van der Waals surface area contributed by atoms with Crippen LogP contribution in [0.3, 0.4) is 0 Å². The molecule has 13 nitrogen and oxygen atoms in total. The first-order valence-electron chi connectivity index (χ1n) is 14.1. The van der Waals surface area contributed by atoms with Gasteiger partial charge in [-0.15, -0.1) is 0 Å². The van der Waals surface area contributed by atoms with Gasteiger partial charge in [0.2, 0.25) is 0 Å². The van der Waals surface area contributed by atoms with Crippen LogP contribution >= 0.6 is 0 Å². The second kappa shape index (κ2) is 14.6. The Labute approximate surface area is 253 Å². The van der Waals surface area contributed by atoms with Gasteiger partial charge in [-0.05, 0) is 38.8 Å². The Morgan fingerprint density at radius 1 is 0.614 bits per heavy atom. The number of ether oxygens (including phenoxy) is 2. The summed E-state index contributed by atoms with van der Waals surface area (Å²) in [7, 11) is 0. The predicted molar refractivity (Wildman–Crippen MR) is 160 cm³/mol. The van der Waals surface area contributed by atoms with Crippen molar-refractivity contribution in [3.63, 3.8) is 0 Å². The second-order valence-electron chi connectivity index (χ2n) is 11.3. The van der Waals surface area contributed by atoms with E-state index in [1.165, 1.54) is 27.7 Å². The Bertz CT molecular complexity index is 1500. The van der Waals surface area contributed by atoms with Crippen LogP contribution in [-0.4, -0.2) is 71.6 Å². The monoisotopic (exact) mass is 613 g/mol. The summed E-state index contributed by atoms with van der Waals surface area (Å²) in [4.78, 5) is 63.2. The summed E-state index contributed by atoms with van der Waals surface area (Å²) in [5.74, 6) is -0.836. The van der Waals surface area contributed by atoms with Crippen LogP contribution in [0.15, 0.2) is 62.9 Å². The van der Waals surface area contributed by atoms with E-state index >= 15 is 0 Å². The summed E-state index contributed by atoms with van der Waals surface area (Å²) in [5, 5.41) is 29.2. The van der Waals surface area contributed by atoms with Gasteiger partial charge < -0.3 is 24.8 Å². The molecule has 0 spiro atoms. The van der Waals surface area contributed by atoms with Crippen LogP contribution in [0.4, 0.5) is 0 Å². The van der Waals surface area contributed by atoms with Crippen LogP contribution < -0.4 is 17.1 Å². The van der Waals surface area contributed by atoms with Crippen molar-refractivity contribution in [2.45, 2.75) is 71.7 Å². The number of hydrogen-bond donors (Lipinski definition) is 3. The smallest absolute Gasteiger partial charge is 0.336 e. The summed E-state index contributed by atoms with van der Waals surface area (Å²) in [6.07, 6.45) is 0. The van der Waals surface area contributed by atoms with E-state index < -0.39 is 46.4 Å². The number of carbonyl (C=O) groups is 2. The van der Waals surface area contributed by atoms with Crippen molar-refractivity contribution in [1.29, 1.82) is 0 Å². The molecule has 0 fully saturated rings. The van der Waals surface area contributed by atoms with E-state index in [9.17, 15) is 39.3 Å². The van der Waals surface area contributed by atoms with Crippen molar-refractivity contribution in [2.24, 2.45) is 0 Å². The molecule has 0 amide bonds. The lowest BCUT2D eigenvalue weighted by Crippen LogP contribution is -2.55. The van der Waals surface area contributed by atoms with Gasteiger partial charge in [-0.1, -0.05) is 48.5 Å². The number of nitrogens with zero attached hydrogens (tertiary/aromatic N) is 3. The number of aromatic nitrogens is 3. The van der Waals surface area contributed by atoms with Gasteiger partial charge in [0, 0.05) is 11.1 Å². The molecule has 0 aliphatic rings. The molecular formula is C31H39N3O10. The topological polar surface area (TPSA) is 179 Å². The fourth-order valence-electron chi connectivity index (χ4n) is 4.26. The third-order valence-corrected chi connectivity index (χ3v) is 6.71. The van der Waals surface area contributed by atoms with Crippen molar-refractivity contribution < 1.29 is 34.4 Å². The normalized spacial score (nSPS) is 12.0. The molecule has 0 saturated carbocycles. The third kappa shape index (κ3) is 8.77. The molecule has 44 heavy (non-hydrogen) atoms. The van der Waals surface area contributed by atoms with Crippen molar-refractivity contribution >= 4 is 11.6 Å². The number of carbonyl (C=O) groups excluding carboxylic acids is 2. The lowest BCUT2D eigenvalue weighted by molar-refractivity contribution is 0.0487. The van der Waals surface area contributed by atoms with Gasteiger partial charge in [-0.3, -0.25) is 9.59 Å². The molecule has 0 saturated heterocycles. The standard InChI is InChI=1S/C31H39N3O10/c1-30(2,41)25(36)23-9-5-21(6-10-23)19-43-17-14-33-27(38)32(13-16-35)28(39)34(29(33)40)15-18-44-20-22-7-11-24(12-8-22)26(37)31(3,4)42/h5-12,35,41-42H,13-20H2,1-4H3. The maximum absolute atomic E-state index is 13.1. The van der Waals surface area contributed by atoms with E-state index in [-0.39, 0.29) is 46.1 Å². The Balaban J connectivity index is 1.63. The molecule has 0 radical (unpaired) electrons. The molecule has 3 rings (SSSR count). The van der Waals surface area contributed by atoms with Crippen LogP contribution in [0.5, 0.6) is 0 Å². The molecule has 1 aromatic heterocycles. The van der Waals surface area contributed by atoms with Crippen molar-refractivity contribution in [3.05, 3.63) is 102 Å². The number of aliphatic hydroxyl groups is 3. The van der Waals surface area contributed by atoms with E-state index in [1.807, 2.05) is 0 Å². The van der Waals surface area contributed by atoms with Crippen LogP contribution in [0.1, 0.15) is 59.5 Å². The van der Waals surface area contributed by atoms with Gasteiger partial charge in [0.1, 0.15) is 11.2 Å². The van der Waals surface area contributed by atoms with Crippen molar-refractivity contribution in [2.75, 3.05) is 19.8 Å². The Kier molecular flexibility index (Phi) is 11.5. The first-order chi connectivity index (χ1) is 20.6. The molecule has 0 aliphatic carbocycles. The predicted octanol–water partition coefficient (Wildman–Crippen LogP) is 0.505. The summed E-state index contributed by atoms with van der Waals surface area (Å²) < 4.78 is 13.7. The lowest BCUT2D eigenvalue weighted by atomic mass is 9.96. The highest BCUT2D eigenvalue weighted by molar-refractivity contribution is 6.02. The molecule has 238 valence electrons. The fraction of sp³-hybridized carbons (Fsp3) is 0.452. The minimum absolute atomic E-state index is 0.0424. The zero-order valence-corrected chi connectivity index (χ0v) is 25.3. The highest BCUT2D eigenvalue weighted by atomic mass is 16.5. The Morgan fingerprint density at radius 3 is 1.23 bits per heavy atom. The zero-order valence-electron chi connectivity index (χ0n) is 25.3. The van der Waals surface area contributed by atoms with E-state index in [2.05, 4.69) is 0 Å². The summed E-state index contributed by atoms with van der Waals surface area (Å²) in [5.41, 5.74) is -3.43. The molecule has 0 unspecified atom stereocenters. The van der Waals surface area contributed by atoms with Crippen LogP contribution in [0.25, 0.3) is 0 Å². The van der Waals surface area contributed by atoms with Gasteiger partial charge in [-0.2, -0.15) is 0 Å². The highest BCUT2D eigenvalue weighted by Gasteiger charge is 2.26. The van der Waals surface area contributed by atoms with E-state index in [4.69, 9.17) is 9.47 Å². The van der Waals surface area contributed by atoms with Crippen LogP contribution in [0, 0.1) is 0 Å². The minimum atomic E-state index is -1.50. The summed E-state index contributed by atoms with van der Waals surface area (Å²) in [6, 6.07) is 13.0. The average molecular weight is 614 g/mol. The summed E-state index contributed by atoms with van der Waals surface area (Å²) >= 11 is 0. The molecule has 0 atom stereocenters. The van der Waals surface area contributed by atoms with Crippen LogP contribution in [0.2, 0.25) is 0 Å². The lowest BCUT2D eigenvalue weighted by Gasteiger charge is -2.16. The molecular weight excluding hydrogens is 574 g/mol. The first-order valence-corrected chi connectivity index (χ1v) is 14.1. The number of Topliss-reactive ketones (excluding diaryl/α,β-unsaturated/α-hetero) is 2. The Hall–Kier alpha value is -4.01. The van der Waals surface area contributed by atoms with Gasteiger partial charge >= 0.3 is 17.1 Å². The number of benzene rings is 2. The average Bonchev–Trinajstić information content (AvgIpc) is 2.97. The number of hydrogen-bond acceptors (Lipinski definition) is 10. The molecule has 1 heterocycles. The van der Waals surface area contributed by atoms with Gasteiger partial charge in [0.25, 0.3) is 0 Å². The van der Waals surface area contributed by atoms with E-state index in [1.54, 1.807) is 48.5 Å². The SMILES string of the molecule is CC(C)(O)C(=O)c1ccc(COCCn2c(=O)n(CCO)c(=O)n(CCOCc3ccc(C(=O)C(C)(C)O)cc3)c2=O)cc1. The van der Waals surface area contributed by atoms with Gasteiger partial charge in [0.05, 0.1) is 52.7 Å². The molecule has 3 N–H and O–H groups in total. The maximum Gasteiger partial charge on any atom is 0.336 e. The van der Waals surface area contributed by atoms with Crippen molar-refractivity contribution in [3.8, 4) is 0 Å². The van der Waals surface area contributed by atoms with Gasteiger partial charge in [-0.25, -0.2) is 28.1 Å². The quantitative estimate of drug-likeness (QED) is 0.152. The minimum Gasteiger partial charge on any atom is -0.395 e. The molecule has 13 heteroatoms. The largest absolute Gasteiger partial charge is 0.395 e. The van der Waals surface area contributed by atoms with E-state index in [0.29, 0.717) is 11.1 Å².